The van der Waals surface area contributed by atoms with E-state index in [-0.39, 0.29) is 11.8 Å². The average molecular weight is 464 g/mol. The predicted molar refractivity (Wildman–Crippen MR) is 131 cm³/mol. The predicted octanol–water partition coefficient (Wildman–Crippen LogP) is 5.09. The summed E-state index contributed by atoms with van der Waals surface area (Å²) >= 11 is 1.50. The summed E-state index contributed by atoms with van der Waals surface area (Å²) in [6.07, 6.45) is 5.56. The second-order valence-corrected chi connectivity index (χ2v) is 9.68. The fraction of sp³-hybridized carbons (Fsp3) is 0.346. The van der Waals surface area contributed by atoms with E-state index in [1.807, 2.05) is 36.4 Å². The molecule has 2 amide bonds. The highest BCUT2D eigenvalue weighted by Crippen LogP contribution is 2.39. The minimum Gasteiger partial charge on any atom is -0.481 e. The lowest BCUT2D eigenvalue weighted by molar-refractivity contribution is -0.122. The summed E-state index contributed by atoms with van der Waals surface area (Å²) in [5.41, 5.74) is 3.78. The summed E-state index contributed by atoms with van der Waals surface area (Å²) in [6, 6.07) is 11.6. The Hall–Kier alpha value is -3.19. The minimum atomic E-state index is -0.696. The molecule has 0 aliphatic heterocycles. The van der Waals surface area contributed by atoms with Crippen molar-refractivity contribution in [3.63, 3.8) is 0 Å². The van der Waals surface area contributed by atoms with Crippen LogP contribution in [0.4, 0.5) is 5.00 Å². The van der Waals surface area contributed by atoms with Gasteiger partial charge in [0.25, 0.3) is 11.8 Å². The molecule has 4 rings (SSSR count). The Bertz CT molecular complexity index is 1120. The van der Waals surface area contributed by atoms with Crippen LogP contribution in [0.3, 0.4) is 0 Å². The number of hydrogen-bond donors (Lipinski definition) is 2. The summed E-state index contributed by atoms with van der Waals surface area (Å²) in [5, 5.41) is 6.52. The fourth-order valence-electron chi connectivity index (χ4n) is 3.91. The highest BCUT2D eigenvalue weighted by atomic mass is 32.1. The van der Waals surface area contributed by atoms with Crippen LogP contribution in [-0.4, -0.2) is 22.9 Å². The highest BCUT2D eigenvalue weighted by Gasteiger charge is 2.28. The Morgan fingerprint density at radius 2 is 1.91 bits per heavy atom. The molecule has 2 heterocycles. The summed E-state index contributed by atoms with van der Waals surface area (Å²) in [4.78, 5) is 31.2. The van der Waals surface area contributed by atoms with Crippen LogP contribution in [0.2, 0.25) is 0 Å². The molecule has 1 aliphatic rings. The molecule has 1 atom stereocenters. The maximum atomic E-state index is 13.1. The number of hydrogen-bond acceptors (Lipinski definition) is 5. The summed E-state index contributed by atoms with van der Waals surface area (Å²) in [7, 11) is 0. The molecule has 0 saturated carbocycles. The van der Waals surface area contributed by atoms with E-state index in [9.17, 15) is 9.59 Å². The van der Waals surface area contributed by atoms with Crippen molar-refractivity contribution in [2.45, 2.75) is 58.6 Å². The SMILES string of the molecule is CC(Oc1ccc(C(C)C)cc1)C(=O)Nc1sc2c(c1C(=O)NCc1cccnc1)CCC2. The number of nitrogens with zero attached hydrogens (tertiary/aromatic N) is 1. The molecule has 1 aromatic carbocycles. The van der Waals surface area contributed by atoms with Crippen LogP contribution in [0.1, 0.15) is 65.0 Å². The summed E-state index contributed by atoms with van der Waals surface area (Å²) in [5.74, 6) is 0.629. The lowest BCUT2D eigenvalue weighted by atomic mass is 10.0. The molecule has 2 aromatic heterocycles. The van der Waals surface area contributed by atoms with Gasteiger partial charge in [0, 0.05) is 23.8 Å². The molecule has 172 valence electrons. The van der Waals surface area contributed by atoms with Gasteiger partial charge in [0.2, 0.25) is 0 Å². The van der Waals surface area contributed by atoms with Gasteiger partial charge in [0.15, 0.2) is 6.10 Å². The molecule has 0 spiro atoms. The Kier molecular flexibility index (Phi) is 7.08. The van der Waals surface area contributed by atoms with Crippen LogP contribution in [0.25, 0.3) is 0 Å². The van der Waals surface area contributed by atoms with Crippen molar-refractivity contribution in [3.05, 3.63) is 75.9 Å². The molecular formula is C26H29N3O3S. The number of benzene rings is 1. The number of thiophene rings is 1. The smallest absolute Gasteiger partial charge is 0.265 e. The fourth-order valence-corrected chi connectivity index (χ4v) is 5.20. The van der Waals surface area contributed by atoms with Crippen LogP contribution in [0.5, 0.6) is 5.75 Å². The van der Waals surface area contributed by atoms with Crippen molar-refractivity contribution >= 4 is 28.2 Å². The van der Waals surface area contributed by atoms with E-state index in [1.54, 1.807) is 19.3 Å². The van der Waals surface area contributed by atoms with E-state index < -0.39 is 6.10 Å². The average Bonchev–Trinajstić information content (AvgIpc) is 3.39. The van der Waals surface area contributed by atoms with E-state index >= 15 is 0 Å². The van der Waals surface area contributed by atoms with Gasteiger partial charge < -0.3 is 15.4 Å². The van der Waals surface area contributed by atoms with Gasteiger partial charge in [-0.05, 0) is 67.0 Å². The number of aryl methyl sites for hydroxylation is 1. The third-order valence-corrected chi connectivity index (χ3v) is 7.00. The highest BCUT2D eigenvalue weighted by molar-refractivity contribution is 7.17. The molecule has 0 saturated heterocycles. The molecule has 0 radical (unpaired) electrons. The van der Waals surface area contributed by atoms with Crippen molar-refractivity contribution in [2.24, 2.45) is 0 Å². The van der Waals surface area contributed by atoms with Gasteiger partial charge >= 0.3 is 0 Å². The lowest BCUT2D eigenvalue weighted by Crippen LogP contribution is -2.31. The van der Waals surface area contributed by atoms with Crippen LogP contribution >= 0.6 is 11.3 Å². The summed E-state index contributed by atoms with van der Waals surface area (Å²) in [6.45, 7) is 6.37. The van der Waals surface area contributed by atoms with Crippen molar-refractivity contribution in [1.82, 2.24) is 10.3 Å². The second kappa shape index (κ2) is 10.2. The molecule has 2 N–H and O–H groups in total. The number of carbonyl (C=O) groups excluding carboxylic acids is 2. The van der Waals surface area contributed by atoms with E-state index in [0.717, 1.165) is 30.4 Å². The largest absolute Gasteiger partial charge is 0.481 e. The van der Waals surface area contributed by atoms with Crippen LogP contribution in [0, 0.1) is 0 Å². The molecule has 1 unspecified atom stereocenters. The van der Waals surface area contributed by atoms with E-state index in [1.165, 1.54) is 21.8 Å². The first kappa shape index (κ1) is 23.0. The lowest BCUT2D eigenvalue weighted by Gasteiger charge is -2.16. The first-order valence-electron chi connectivity index (χ1n) is 11.3. The van der Waals surface area contributed by atoms with Crippen molar-refractivity contribution < 1.29 is 14.3 Å². The normalized spacial score (nSPS) is 13.5. The number of ether oxygens (including phenoxy) is 1. The Morgan fingerprint density at radius 1 is 1.12 bits per heavy atom. The van der Waals surface area contributed by atoms with Gasteiger partial charge in [0.1, 0.15) is 10.8 Å². The molecule has 6 nitrogen and oxygen atoms in total. The van der Waals surface area contributed by atoms with Gasteiger partial charge in [0.05, 0.1) is 5.56 Å². The monoisotopic (exact) mass is 463 g/mol. The van der Waals surface area contributed by atoms with Gasteiger partial charge in [-0.25, -0.2) is 0 Å². The Balaban J connectivity index is 1.45. The molecule has 1 aliphatic carbocycles. The van der Waals surface area contributed by atoms with E-state index in [0.29, 0.717) is 28.8 Å². The van der Waals surface area contributed by atoms with Crippen molar-refractivity contribution in [1.29, 1.82) is 0 Å². The summed E-state index contributed by atoms with van der Waals surface area (Å²) < 4.78 is 5.85. The number of rotatable bonds is 8. The van der Waals surface area contributed by atoms with Crippen LogP contribution < -0.4 is 15.4 Å². The molecule has 0 fully saturated rings. The van der Waals surface area contributed by atoms with Gasteiger partial charge in [-0.1, -0.05) is 32.0 Å². The standard InChI is InChI=1S/C26H29N3O3S/c1-16(2)19-9-11-20(12-10-19)32-17(3)24(30)29-26-23(21-7-4-8-22(21)33-26)25(31)28-15-18-6-5-13-27-14-18/h5-6,9-14,16-17H,4,7-8,15H2,1-3H3,(H,28,31)(H,29,30). The zero-order valence-corrected chi connectivity index (χ0v) is 20.0. The molecular weight excluding hydrogens is 434 g/mol. The number of pyridine rings is 1. The van der Waals surface area contributed by atoms with Crippen LogP contribution in [-0.2, 0) is 24.2 Å². The Labute approximate surface area is 198 Å². The first-order valence-corrected chi connectivity index (χ1v) is 12.1. The molecule has 3 aromatic rings. The molecule has 7 heteroatoms. The maximum Gasteiger partial charge on any atom is 0.265 e. The zero-order chi connectivity index (χ0) is 23.4. The maximum absolute atomic E-state index is 13.1. The van der Waals surface area contributed by atoms with Crippen molar-refractivity contribution in [3.8, 4) is 5.75 Å². The third kappa shape index (κ3) is 5.42. The number of aromatic nitrogens is 1. The molecule has 0 bridgehead atoms. The van der Waals surface area contributed by atoms with E-state index in [4.69, 9.17) is 4.74 Å². The quantitative estimate of drug-likeness (QED) is 0.488. The zero-order valence-electron chi connectivity index (χ0n) is 19.2. The number of fused-ring (bicyclic) bond motifs is 1. The van der Waals surface area contributed by atoms with Gasteiger partial charge in [-0.2, -0.15) is 0 Å². The number of amides is 2. The van der Waals surface area contributed by atoms with E-state index in [2.05, 4.69) is 29.5 Å². The van der Waals surface area contributed by atoms with Gasteiger partial charge in [-0.15, -0.1) is 11.3 Å². The Morgan fingerprint density at radius 3 is 2.61 bits per heavy atom. The third-order valence-electron chi connectivity index (χ3n) is 5.79. The number of carbonyl (C=O) groups is 2. The number of nitrogens with one attached hydrogen (secondary N) is 2. The molecule has 33 heavy (non-hydrogen) atoms. The van der Waals surface area contributed by atoms with Crippen LogP contribution in [0.15, 0.2) is 48.8 Å². The van der Waals surface area contributed by atoms with Crippen molar-refractivity contribution in [2.75, 3.05) is 5.32 Å². The minimum absolute atomic E-state index is 0.175. The first-order chi connectivity index (χ1) is 15.9. The van der Waals surface area contributed by atoms with Gasteiger partial charge in [-0.3, -0.25) is 14.6 Å². The topological polar surface area (TPSA) is 80.3 Å². The number of anilines is 1. The second-order valence-electron chi connectivity index (χ2n) is 8.58.